The number of anilines is 1. The number of hydrogen-bond acceptors (Lipinski definition) is 5. The number of hydrogen-bond donors (Lipinski definition) is 2. The maximum absolute atomic E-state index is 11.7. The van der Waals surface area contributed by atoms with Crippen molar-refractivity contribution in [1.29, 1.82) is 0 Å². The molecule has 2 heterocycles. The molecule has 1 aliphatic heterocycles. The van der Waals surface area contributed by atoms with Crippen LogP contribution in [0.3, 0.4) is 0 Å². The first-order chi connectivity index (χ1) is 12.3. The van der Waals surface area contributed by atoms with E-state index in [0.717, 1.165) is 63.9 Å². The average Bonchev–Trinajstić information content (AvgIpc) is 3.47. The third-order valence-electron chi connectivity index (χ3n) is 4.43. The molecule has 2 N–H and O–H groups in total. The minimum absolute atomic E-state index is 0. The van der Waals surface area contributed by atoms with E-state index in [2.05, 4.69) is 35.4 Å². The van der Waals surface area contributed by atoms with Crippen LogP contribution in [-0.4, -0.2) is 72.5 Å². The maximum atomic E-state index is 11.7. The molecule has 9 heteroatoms. The van der Waals surface area contributed by atoms with Crippen molar-refractivity contribution < 1.29 is 4.79 Å². The van der Waals surface area contributed by atoms with Crippen LogP contribution in [0.25, 0.3) is 0 Å². The zero-order valence-corrected chi connectivity index (χ0v) is 17.6. The molecule has 0 spiro atoms. The Morgan fingerprint density at radius 1 is 1.23 bits per heavy atom. The fourth-order valence-electron chi connectivity index (χ4n) is 2.88. The van der Waals surface area contributed by atoms with Crippen LogP contribution in [0.4, 0.5) is 5.95 Å². The number of aromatic nitrogens is 2. The molecule has 0 aromatic carbocycles. The van der Waals surface area contributed by atoms with E-state index in [9.17, 15) is 4.79 Å². The number of piperazine rings is 1. The maximum Gasteiger partial charge on any atom is 0.225 e. The van der Waals surface area contributed by atoms with E-state index >= 15 is 0 Å². The van der Waals surface area contributed by atoms with E-state index in [1.54, 1.807) is 19.4 Å². The van der Waals surface area contributed by atoms with Gasteiger partial charge in [-0.05, 0) is 25.3 Å². The average molecular weight is 473 g/mol. The van der Waals surface area contributed by atoms with Crippen LogP contribution in [0.2, 0.25) is 0 Å². The summed E-state index contributed by atoms with van der Waals surface area (Å²) in [6, 6.07) is 2.27. The zero-order valence-electron chi connectivity index (χ0n) is 15.2. The lowest BCUT2D eigenvalue weighted by Crippen LogP contribution is -2.53. The monoisotopic (exact) mass is 473 g/mol. The molecule has 3 rings (SSSR count). The van der Waals surface area contributed by atoms with Gasteiger partial charge in [0.2, 0.25) is 11.9 Å². The van der Waals surface area contributed by atoms with Gasteiger partial charge in [-0.15, -0.1) is 24.0 Å². The van der Waals surface area contributed by atoms with Crippen molar-refractivity contribution >= 4 is 41.8 Å². The molecular weight excluding hydrogens is 445 g/mol. The quantitative estimate of drug-likeness (QED) is 0.276. The largest absolute Gasteiger partial charge is 0.356 e. The van der Waals surface area contributed by atoms with Gasteiger partial charge in [0.1, 0.15) is 0 Å². The summed E-state index contributed by atoms with van der Waals surface area (Å²) in [7, 11) is 1.80. The molecule has 0 unspecified atom stereocenters. The van der Waals surface area contributed by atoms with Crippen molar-refractivity contribution in [2.45, 2.75) is 31.7 Å². The molecule has 0 radical (unpaired) electrons. The Morgan fingerprint density at radius 2 is 1.92 bits per heavy atom. The SMILES string of the molecule is CN=C(NCCCC(=O)NC1CC1)N1CCN(c2ncccn2)CC1.I. The molecule has 2 aliphatic rings. The summed E-state index contributed by atoms with van der Waals surface area (Å²) in [6.45, 7) is 4.25. The Labute approximate surface area is 171 Å². The highest BCUT2D eigenvalue weighted by Crippen LogP contribution is 2.18. The first-order valence-electron chi connectivity index (χ1n) is 9.03. The first-order valence-corrected chi connectivity index (χ1v) is 9.03. The van der Waals surface area contributed by atoms with Crippen molar-refractivity contribution in [3.05, 3.63) is 18.5 Å². The van der Waals surface area contributed by atoms with Crippen LogP contribution in [0.1, 0.15) is 25.7 Å². The number of nitrogens with one attached hydrogen (secondary N) is 2. The molecule has 1 amide bonds. The highest BCUT2D eigenvalue weighted by molar-refractivity contribution is 14.0. The van der Waals surface area contributed by atoms with Gasteiger partial charge >= 0.3 is 0 Å². The molecule has 1 aliphatic carbocycles. The Morgan fingerprint density at radius 3 is 2.54 bits per heavy atom. The highest BCUT2D eigenvalue weighted by Gasteiger charge is 2.23. The van der Waals surface area contributed by atoms with Gasteiger partial charge in [0.05, 0.1) is 0 Å². The van der Waals surface area contributed by atoms with Crippen molar-refractivity contribution in [3.63, 3.8) is 0 Å². The minimum Gasteiger partial charge on any atom is -0.356 e. The smallest absolute Gasteiger partial charge is 0.225 e. The van der Waals surface area contributed by atoms with E-state index in [-0.39, 0.29) is 29.9 Å². The number of carbonyl (C=O) groups excluding carboxylic acids is 1. The van der Waals surface area contributed by atoms with Gasteiger partial charge in [-0.3, -0.25) is 9.79 Å². The Balaban J connectivity index is 0.00000243. The standard InChI is InChI=1S/C17H27N7O.HI/c1-18-16(19-7-2-4-15(25)22-14-5-6-14)23-10-12-24(13-11-23)17-20-8-3-9-21-17;/h3,8-9,14H,2,4-7,10-13H2,1H3,(H,18,19)(H,22,25);1H. The molecule has 1 aromatic rings. The van der Waals surface area contributed by atoms with Gasteiger partial charge in [-0.25, -0.2) is 9.97 Å². The molecule has 0 bridgehead atoms. The Kier molecular flexibility index (Phi) is 8.33. The lowest BCUT2D eigenvalue weighted by Gasteiger charge is -2.36. The van der Waals surface area contributed by atoms with Gasteiger partial charge in [0.25, 0.3) is 0 Å². The Hall–Kier alpha value is -1.65. The predicted octanol–water partition coefficient (Wildman–Crippen LogP) is 0.851. The summed E-state index contributed by atoms with van der Waals surface area (Å²) in [5.74, 6) is 1.85. The van der Waals surface area contributed by atoms with Gasteiger partial charge < -0.3 is 20.4 Å². The molecule has 26 heavy (non-hydrogen) atoms. The summed E-state index contributed by atoms with van der Waals surface area (Å²) in [5.41, 5.74) is 0. The number of carbonyl (C=O) groups is 1. The number of nitrogens with zero attached hydrogens (tertiary/aromatic N) is 5. The van der Waals surface area contributed by atoms with E-state index in [0.29, 0.717) is 12.5 Å². The van der Waals surface area contributed by atoms with Gasteiger partial charge in [0.15, 0.2) is 5.96 Å². The summed E-state index contributed by atoms with van der Waals surface area (Å²) in [5, 5.41) is 6.38. The van der Waals surface area contributed by atoms with E-state index in [1.165, 1.54) is 0 Å². The normalized spacial score (nSPS) is 17.5. The zero-order chi connectivity index (χ0) is 17.5. The molecule has 8 nitrogen and oxygen atoms in total. The summed E-state index contributed by atoms with van der Waals surface area (Å²) in [4.78, 5) is 29.1. The van der Waals surface area contributed by atoms with Crippen LogP contribution >= 0.6 is 24.0 Å². The van der Waals surface area contributed by atoms with Crippen LogP contribution < -0.4 is 15.5 Å². The number of amides is 1. The van der Waals surface area contributed by atoms with Gasteiger partial charge in [-0.1, -0.05) is 0 Å². The highest BCUT2D eigenvalue weighted by atomic mass is 127. The molecular formula is C17H28IN7O. The second-order valence-electron chi connectivity index (χ2n) is 6.44. The van der Waals surface area contributed by atoms with Gasteiger partial charge in [0, 0.05) is 64.6 Å². The van der Waals surface area contributed by atoms with Crippen molar-refractivity contribution in [3.8, 4) is 0 Å². The van der Waals surface area contributed by atoms with Gasteiger partial charge in [-0.2, -0.15) is 0 Å². The third kappa shape index (κ3) is 6.26. The van der Waals surface area contributed by atoms with Crippen molar-refractivity contribution in [1.82, 2.24) is 25.5 Å². The van der Waals surface area contributed by atoms with Crippen LogP contribution in [0.5, 0.6) is 0 Å². The number of guanidine groups is 1. The van der Waals surface area contributed by atoms with E-state index in [4.69, 9.17) is 0 Å². The molecule has 1 aromatic heterocycles. The summed E-state index contributed by atoms with van der Waals surface area (Å²) < 4.78 is 0. The van der Waals surface area contributed by atoms with Crippen LogP contribution in [0.15, 0.2) is 23.5 Å². The lowest BCUT2D eigenvalue weighted by molar-refractivity contribution is -0.121. The van der Waals surface area contributed by atoms with Crippen molar-refractivity contribution in [2.75, 3.05) is 44.7 Å². The predicted molar refractivity (Wildman–Crippen MR) is 113 cm³/mol. The molecule has 1 saturated carbocycles. The summed E-state index contributed by atoms with van der Waals surface area (Å²) >= 11 is 0. The van der Waals surface area contributed by atoms with Crippen LogP contribution in [-0.2, 0) is 4.79 Å². The molecule has 144 valence electrons. The third-order valence-corrected chi connectivity index (χ3v) is 4.43. The second-order valence-corrected chi connectivity index (χ2v) is 6.44. The summed E-state index contributed by atoms with van der Waals surface area (Å²) in [6.07, 6.45) is 7.20. The fraction of sp³-hybridized carbons (Fsp3) is 0.647. The van der Waals surface area contributed by atoms with E-state index < -0.39 is 0 Å². The number of halogens is 1. The van der Waals surface area contributed by atoms with E-state index in [1.807, 2.05) is 6.07 Å². The fourth-order valence-corrected chi connectivity index (χ4v) is 2.88. The molecule has 0 atom stereocenters. The lowest BCUT2D eigenvalue weighted by atomic mass is 10.3. The number of rotatable bonds is 6. The topological polar surface area (TPSA) is 85.8 Å². The van der Waals surface area contributed by atoms with Crippen LogP contribution in [0, 0.1) is 0 Å². The Bertz CT molecular complexity index is 586. The minimum atomic E-state index is 0. The second kappa shape index (κ2) is 10.5. The van der Waals surface area contributed by atoms with Crippen molar-refractivity contribution in [2.24, 2.45) is 4.99 Å². The first kappa shape index (κ1) is 20.7. The number of aliphatic imine (C=N–C) groups is 1. The molecule has 2 fully saturated rings. The molecule has 1 saturated heterocycles.